The molecule has 58 heavy (non-hydrogen) atoms. The monoisotopic (exact) mass is 740 g/mol. The number of hydrogen-bond donors (Lipinski definition) is 0. The Bertz CT molecular complexity index is 3300. The molecule has 270 valence electrons. The largest absolute Gasteiger partial charge is 0.453 e. The smallest absolute Gasteiger partial charge is 0.152 e. The molecule has 4 heteroatoms. The SMILES string of the molecule is c1cc(-c2ccc3c(c2)c2cccc4c2n3-c2ccccc2O4)cc(-c2ccccc2-c2cccc(-c3ccc4c(c3)c3cccc5c3n4-c3ccccc3O5)c2)c1. The lowest BCUT2D eigenvalue weighted by molar-refractivity contribution is 0.476. The fourth-order valence-electron chi connectivity index (χ4n) is 9.51. The molecule has 4 heterocycles. The second kappa shape index (κ2) is 11.8. The van der Waals surface area contributed by atoms with Crippen LogP contribution in [-0.2, 0) is 0 Å². The molecule has 0 saturated heterocycles. The van der Waals surface area contributed by atoms with Crippen LogP contribution in [0.4, 0.5) is 0 Å². The first-order valence-electron chi connectivity index (χ1n) is 19.7. The Morgan fingerprint density at radius 3 is 1.17 bits per heavy atom. The van der Waals surface area contributed by atoms with Crippen LogP contribution in [0.15, 0.2) is 194 Å². The van der Waals surface area contributed by atoms with Gasteiger partial charge in [-0.15, -0.1) is 0 Å². The minimum Gasteiger partial charge on any atom is -0.453 e. The molecule has 0 saturated carbocycles. The van der Waals surface area contributed by atoms with Crippen LogP contribution in [0.5, 0.6) is 23.0 Å². The third-order valence-electron chi connectivity index (χ3n) is 12.1. The molecule has 0 N–H and O–H groups in total. The van der Waals surface area contributed by atoms with Gasteiger partial charge in [-0.25, -0.2) is 0 Å². The molecular weight excluding hydrogens is 709 g/mol. The van der Waals surface area contributed by atoms with Gasteiger partial charge in [0.05, 0.1) is 33.4 Å². The van der Waals surface area contributed by atoms with Crippen molar-refractivity contribution in [2.45, 2.75) is 0 Å². The number of para-hydroxylation sites is 6. The van der Waals surface area contributed by atoms with Gasteiger partial charge in [0.15, 0.2) is 23.0 Å². The Labute approximate surface area is 334 Å². The van der Waals surface area contributed by atoms with E-state index in [9.17, 15) is 0 Å². The third kappa shape index (κ3) is 4.45. The number of hydrogen-bond acceptors (Lipinski definition) is 2. The van der Waals surface area contributed by atoms with E-state index in [-0.39, 0.29) is 0 Å². The molecule has 0 bridgehead atoms. The molecule has 0 amide bonds. The zero-order valence-corrected chi connectivity index (χ0v) is 31.2. The molecule has 0 radical (unpaired) electrons. The summed E-state index contributed by atoms with van der Waals surface area (Å²) < 4.78 is 17.4. The average molecular weight is 741 g/mol. The van der Waals surface area contributed by atoms with E-state index >= 15 is 0 Å². The van der Waals surface area contributed by atoms with Gasteiger partial charge in [-0.1, -0.05) is 121 Å². The highest BCUT2D eigenvalue weighted by Crippen LogP contribution is 2.48. The van der Waals surface area contributed by atoms with Crippen LogP contribution in [0, 0.1) is 0 Å². The van der Waals surface area contributed by atoms with Gasteiger partial charge in [-0.05, 0) is 117 Å². The molecular formula is C54H32N2O2. The van der Waals surface area contributed by atoms with Gasteiger partial charge < -0.3 is 18.6 Å². The van der Waals surface area contributed by atoms with E-state index in [4.69, 9.17) is 9.47 Å². The van der Waals surface area contributed by atoms with Crippen LogP contribution in [0.25, 0.3) is 99.5 Å². The maximum Gasteiger partial charge on any atom is 0.152 e. The zero-order chi connectivity index (χ0) is 37.9. The number of fused-ring (bicyclic) bond motifs is 10. The number of aromatic nitrogens is 2. The lowest BCUT2D eigenvalue weighted by Crippen LogP contribution is -2.03. The van der Waals surface area contributed by atoms with Crippen LogP contribution in [0.3, 0.4) is 0 Å². The highest BCUT2D eigenvalue weighted by atomic mass is 16.5. The summed E-state index contributed by atoms with van der Waals surface area (Å²) in [6.45, 7) is 0. The maximum absolute atomic E-state index is 6.37. The van der Waals surface area contributed by atoms with Gasteiger partial charge in [0.1, 0.15) is 0 Å². The molecule has 9 aromatic carbocycles. The normalized spacial score (nSPS) is 12.4. The molecule has 0 fully saturated rings. The summed E-state index contributed by atoms with van der Waals surface area (Å²) >= 11 is 0. The van der Waals surface area contributed by atoms with Gasteiger partial charge in [0, 0.05) is 21.5 Å². The summed E-state index contributed by atoms with van der Waals surface area (Å²) in [6, 6.07) is 69.7. The summed E-state index contributed by atoms with van der Waals surface area (Å²) in [4.78, 5) is 0. The van der Waals surface area contributed by atoms with E-state index in [0.29, 0.717) is 0 Å². The van der Waals surface area contributed by atoms with Crippen LogP contribution < -0.4 is 9.47 Å². The number of benzene rings is 9. The van der Waals surface area contributed by atoms with Crippen LogP contribution in [0.1, 0.15) is 0 Å². The molecule has 11 aromatic rings. The van der Waals surface area contributed by atoms with Gasteiger partial charge in [0.25, 0.3) is 0 Å². The molecule has 2 aliphatic heterocycles. The van der Waals surface area contributed by atoms with Crippen molar-refractivity contribution in [3.8, 4) is 78.9 Å². The zero-order valence-electron chi connectivity index (χ0n) is 31.2. The Hall–Kier alpha value is -7.82. The van der Waals surface area contributed by atoms with Gasteiger partial charge in [0.2, 0.25) is 0 Å². The van der Waals surface area contributed by atoms with Crippen molar-refractivity contribution in [1.82, 2.24) is 9.13 Å². The predicted octanol–water partition coefficient (Wildman–Crippen LogP) is 14.8. The summed E-state index contributed by atoms with van der Waals surface area (Å²) in [7, 11) is 0. The van der Waals surface area contributed by atoms with Crippen molar-refractivity contribution in [3.05, 3.63) is 194 Å². The Kier molecular flexibility index (Phi) is 6.41. The summed E-state index contributed by atoms with van der Waals surface area (Å²) in [5.41, 5.74) is 16.2. The average Bonchev–Trinajstić information content (AvgIpc) is 3.81. The van der Waals surface area contributed by atoms with Crippen molar-refractivity contribution in [2.75, 3.05) is 0 Å². The highest BCUT2D eigenvalue weighted by Gasteiger charge is 2.25. The molecule has 0 unspecified atom stereocenters. The minimum atomic E-state index is 0.877. The van der Waals surface area contributed by atoms with E-state index in [1.54, 1.807) is 0 Å². The fourth-order valence-corrected chi connectivity index (χ4v) is 9.51. The quantitative estimate of drug-likeness (QED) is 0.180. The van der Waals surface area contributed by atoms with Crippen molar-refractivity contribution in [3.63, 3.8) is 0 Å². The maximum atomic E-state index is 6.37. The van der Waals surface area contributed by atoms with Crippen molar-refractivity contribution in [1.29, 1.82) is 0 Å². The van der Waals surface area contributed by atoms with E-state index in [1.807, 2.05) is 24.3 Å². The van der Waals surface area contributed by atoms with Gasteiger partial charge in [-0.3, -0.25) is 0 Å². The Balaban J connectivity index is 0.895. The van der Waals surface area contributed by atoms with Crippen LogP contribution in [0.2, 0.25) is 0 Å². The summed E-state index contributed by atoms with van der Waals surface area (Å²) in [6.07, 6.45) is 0. The van der Waals surface area contributed by atoms with E-state index in [0.717, 1.165) is 45.4 Å². The van der Waals surface area contributed by atoms with E-state index in [1.165, 1.54) is 77.1 Å². The molecule has 13 rings (SSSR count). The molecule has 0 atom stereocenters. The predicted molar refractivity (Wildman–Crippen MR) is 237 cm³/mol. The van der Waals surface area contributed by atoms with E-state index < -0.39 is 0 Å². The van der Waals surface area contributed by atoms with Crippen molar-refractivity contribution >= 4 is 43.6 Å². The second-order valence-corrected chi connectivity index (χ2v) is 15.3. The first kappa shape index (κ1) is 31.4. The van der Waals surface area contributed by atoms with Crippen molar-refractivity contribution in [2.24, 2.45) is 0 Å². The number of nitrogens with zero attached hydrogens (tertiary/aromatic N) is 2. The third-order valence-corrected chi connectivity index (χ3v) is 12.1. The molecule has 2 aromatic heterocycles. The lowest BCUT2D eigenvalue weighted by atomic mass is 9.91. The molecule has 4 nitrogen and oxygen atoms in total. The Morgan fingerprint density at radius 2 is 0.672 bits per heavy atom. The summed E-state index contributed by atoms with van der Waals surface area (Å²) in [5.74, 6) is 3.53. The summed E-state index contributed by atoms with van der Waals surface area (Å²) in [5, 5.41) is 4.81. The highest BCUT2D eigenvalue weighted by molar-refractivity contribution is 6.14. The van der Waals surface area contributed by atoms with E-state index in [2.05, 4.69) is 179 Å². The molecule has 2 aliphatic rings. The first-order chi connectivity index (χ1) is 28.7. The minimum absolute atomic E-state index is 0.877. The molecule has 0 aliphatic carbocycles. The molecule has 0 spiro atoms. The fraction of sp³-hybridized carbons (Fsp3) is 0. The lowest BCUT2D eigenvalue weighted by Gasteiger charge is -2.20. The first-order valence-corrected chi connectivity index (χ1v) is 19.7. The second-order valence-electron chi connectivity index (χ2n) is 15.3. The van der Waals surface area contributed by atoms with Gasteiger partial charge in [-0.2, -0.15) is 0 Å². The van der Waals surface area contributed by atoms with Crippen molar-refractivity contribution < 1.29 is 9.47 Å². The van der Waals surface area contributed by atoms with Gasteiger partial charge >= 0.3 is 0 Å². The standard InChI is InChI=1S/C54H32N2O2/c1-2-16-40(38-14-8-12-34(30-38)36-26-28-46-44(32-36)42-18-10-24-52-54(42)56(46)48-20-4-6-22-50(48)58-52)39(15-1)37-13-7-11-33(29-37)35-25-27-45-43(31-35)41-17-9-23-51-53(41)55(45)47-19-3-5-21-49(47)57-51/h1-32H. The topological polar surface area (TPSA) is 28.3 Å². The van der Waals surface area contributed by atoms with Crippen LogP contribution >= 0.6 is 0 Å². The Morgan fingerprint density at radius 1 is 0.276 bits per heavy atom. The number of rotatable bonds is 4. The number of ether oxygens (including phenoxy) is 2. The van der Waals surface area contributed by atoms with Crippen LogP contribution in [-0.4, -0.2) is 9.13 Å².